The zero-order valence-electron chi connectivity index (χ0n) is 10.8. The predicted molar refractivity (Wildman–Crippen MR) is 69.0 cm³/mol. The minimum atomic E-state index is -0.348. The number of benzene rings is 1. The van der Waals surface area contributed by atoms with Crippen molar-refractivity contribution in [1.82, 2.24) is 9.78 Å². The third-order valence-corrected chi connectivity index (χ3v) is 2.59. The second kappa shape index (κ2) is 5.04. The van der Waals surface area contributed by atoms with E-state index in [2.05, 4.69) is 5.10 Å². The number of hydrogen-bond acceptors (Lipinski definition) is 3. The van der Waals surface area contributed by atoms with Crippen LogP contribution in [0.25, 0.3) is 5.69 Å². The molecule has 2 rings (SSSR count). The van der Waals surface area contributed by atoms with Gasteiger partial charge in [-0.25, -0.2) is 9.48 Å². The Labute approximate surface area is 106 Å². The lowest BCUT2D eigenvalue weighted by molar-refractivity contribution is 0.0516. The summed E-state index contributed by atoms with van der Waals surface area (Å²) in [5, 5.41) is 4.33. The molecule has 0 aliphatic rings. The van der Waals surface area contributed by atoms with Crippen LogP contribution in [0.3, 0.4) is 0 Å². The number of nitrogens with zero attached hydrogens (tertiary/aromatic N) is 2. The Balaban J connectivity index is 2.44. The molecule has 4 nitrogen and oxygen atoms in total. The van der Waals surface area contributed by atoms with Crippen molar-refractivity contribution >= 4 is 5.97 Å². The molecule has 0 aliphatic carbocycles. The highest BCUT2D eigenvalue weighted by molar-refractivity contribution is 5.88. The lowest BCUT2D eigenvalue weighted by Gasteiger charge is -2.06. The molecule has 94 valence electrons. The first kappa shape index (κ1) is 12.4. The number of esters is 1. The van der Waals surface area contributed by atoms with Crippen molar-refractivity contribution < 1.29 is 9.53 Å². The van der Waals surface area contributed by atoms with Gasteiger partial charge in [0, 0.05) is 0 Å². The van der Waals surface area contributed by atoms with Crippen LogP contribution in [0.5, 0.6) is 0 Å². The maximum absolute atomic E-state index is 11.8. The second-order valence-electron chi connectivity index (χ2n) is 4.14. The van der Waals surface area contributed by atoms with Gasteiger partial charge in [0.05, 0.1) is 18.0 Å². The van der Waals surface area contributed by atoms with Crippen molar-refractivity contribution in [2.24, 2.45) is 0 Å². The fourth-order valence-electron chi connectivity index (χ4n) is 1.73. The Bertz CT molecular complexity index is 556. The van der Waals surface area contributed by atoms with Crippen LogP contribution < -0.4 is 0 Å². The molecule has 0 saturated heterocycles. The van der Waals surface area contributed by atoms with Crippen molar-refractivity contribution in [3.05, 3.63) is 47.3 Å². The summed E-state index contributed by atoms with van der Waals surface area (Å²) in [7, 11) is 0. The van der Waals surface area contributed by atoms with Crippen molar-refractivity contribution in [1.29, 1.82) is 0 Å². The van der Waals surface area contributed by atoms with E-state index in [9.17, 15) is 4.79 Å². The van der Waals surface area contributed by atoms with Gasteiger partial charge in [-0.2, -0.15) is 5.10 Å². The van der Waals surface area contributed by atoms with Crippen LogP contribution in [0.2, 0.25) is 0 Å². The van der Waals surface area contributed by atoms with Gasteiger partial charge in [-0.3, -0.25) is 0 Å². The molecule has 0 N–H and O–H groups in total. The molecule has 18 heavy (non-hydrogen) atoms. The first-order valence-corrected chi connectivity index (χ1v) is 5.92. The Morgan fingerprint density at radius 3 is 2.56 bits per heavy atom. The van der Waals surface area contributed by atoms with Gasteiger partial charge in [-0.05, 0) is 39.0 Å². The molecule has 0 atom stereocenters. The van der Waals surface area contributed by atoms with Gasteiger partial charge in [0.2, 0.25) is 0 Å². The van der Waals surface area contributed by atoms with Crippen LogP contribution in [0.4, 0.5) is 0 Å². The molecule has 1 aromatic carbocycles. The minimum Gasteiger partial charge on any atom is -0.461 e. The molecule has 1 heterocycles. The summed E-state index contributed by atoms with van der Waals surface area (Å²) in [6, 6.07) is 9.58. The molecule has 0 spiro atoms. The van der Waals surface area contributed by atoms with E-state index >= 15 is 0 Å². The van der Waals surface area contributed by atoms with Gasteiger partial charge in [-0.15, -0.1) is 0 Å². The minimum absolute atomic E-state index is 0.348. The highest BCUT2D eigenvalue weighted by Gasteiger charge is 2.15. The predicted octanol–water partition coefficient (Wildman–Crippen LogP) is 2.67. The van der Waals surface area contributed by atoms with Gasteiger partial charge in [0.25, 0.3) is 0 Å². The fourth-order valence-corrected chi connectivity index (χ4v) is 1.73. The second-order valence-corrected chi connectivity index (χ2v) is 4.14. The topological polar surface area (TPSA) is 44.1 Å². The lowest BCUT2D eigenvalue weighted by atomic mass is 10.2. The summed E-state index contributed by atoms with van der Waals surface area (Å²) in [4.78, 5) is 11.8. The molecular formula is C14H16N2O2. The third kappa shape index (κ3) is 2.42. The average Bonchev–Trinajstić information content (AvgIpc) is 2.73. The standard InChI is InChI=1S/C14H16N2O2/c1-4-18-14(17)13-9-11(3)15-16(13)12-7-5-10(2)6-8-12/h5-9H,4H2,1-3H3. The molecule has 1 aromatic heterocycles. The van der Waals surface area contributed by atoms with Gasteiger partial charge < -0.3 is 4.74 Å². The van der Waals surface area contributed by atoms with Crippen LogP contribution in [0.15, 0.2) is 30.3 Å². The van der Waals surface area contributed by atoms with E-state index in [1.807, 2.05) is 38.1 Å². The Kier molecular flexibility index (Phi) is 3.46. The van der Waals surface area contributed by atoms with Crippen molar-refractivity contribution in [3.8, 4) is 5.69 Å². The number of rotatable bonds is 3. The zero-order valence-corrected chi connectivity index (χ0v) is 10.8. The molecule has 0 radical (unpaired) electrons. The summed E-state index contributed by atoms with van der Waals surface area (Å²) in [5.41, 5.74) is 3.27. The third-order valence-electron chi connectivity index (χ3n) is 2.59. The smallest absolute Gasteiger partial charge is 0.357 e. The molecule has 4 heteroatoms. The van der Waals surface area contributed by atoms with Crippen LogP contribution in [-0.4, -0.2) is 22.4 Å². The number of carbonyl (C=O) groups excluding carboxylic acids is 1. The number of carbonyl (C=O) groups is 1. The van der Waals surface area contributed by atoms with E-state index < -0.39 is 0 Å². The molecule has 0 amide bonds. The number of aryl methyl sites for hydroxylation is 2. The lowest BCUT2D eigenvalue weighted by Crippen LogP contribution is -2.11. The maximum atomic E-state index is 11.8. The molecule has 0 bridgehead atoms. The first-order chi connectivity index (χ1) is 8.61. The van der Waals surface area contributed by atoms with Crippen LogP contribution in [0.1, 0.15) is 28.7 Å². The molecular weight excluding hydrogens is 228 g/mol. The molecule has 2 aromatic rings. The zero-order chi connectivity index (χ0) is 13.1. The number of ether oxygens (including phenoxy) is 1. The maximum Gasteiger partial charge on any atom is 0.357 e. The Morgan fingerprint density at radius 2 is 1.94 bits per heavy atom. The van der Waals surface area contributed by atoms with Gasteiger partial charge in [-0.1, -0.05) is 17.7 Å². The van der Waals surface area contributed by atoms with Crippen molar-refractivity contribution in [3.63, 3.8) is 0 Å². The quantitative estimate of drug-likeness (QED) is 0.780. The fraction of sp³-hybridized carbons (Fsp3) is 0.286. The van der Waals surface area contributed by atoms with Crippen molar-refractivity contribution in [2.75, 3.05) is 6.61 Å². The molecule has 0 aliphatic heterocycles. The van der Waals surface area contributed by atoms with E-state index in [1.54, 1.807) is 17.7 Å². The first-order valence-electron chi connectivity index (χ1n) is 5.92. The van der Waals surface area contributed by atoms with Crippen LogP contribution >= 0.6 is 0 Å². The van der Waals surface area contributed by atoms with Gasteiger partial charge >= 0.3 is 5.97 Å². The van der Waals surface area contributed by atoms with E-state index in [-0.39, 0.29) is 5.97 Å². The van der Waals surface area contributed by atoms with E-state index in [4.69, 9.17) is 4.74 Å². The summed E-state index contributed by atoms with van der Waals surface area (Å²) in [5.74, 6) is -0.348. The molecule has 0 fully saturated rings. The monoisotopic (exact) mass is 244 g/mol. The Hall–Kier alpha value is -2.10. The van der Waals surface area contributed by atoms with E-state index in [1.165, 1.54) is 5.56 Å². The summed E-state index contributed by atoms with van der Waals surface area (Å²) in [6.45, 7) is 6.02. The van der Waals surface area contributed by atoms with Crippen molar-refractivity contribution in [2.45, 2.75) is 20.8 Å². The normalized spacial score (nSPS) is 10.4. The average molecular weight is 244 g/mol. The Morgan fingerprint density at radius 1 is 1.28 bits per heavy atom. The van der Waals surface area contributed by atoms with Crippen LogP contribution in [-0.2, 0) is 4.74 Å². The SMILES string of the molecule is CCOC(=O)c1cc(C)nn1-c1ccc(C)cc1. The largest absolute Gasteiger partial charge is 0.461 e. The summed E-state index contributed by atoms with van der Waals surface area (Å²) < 4.78 is 6.65. The summed E-state index contributed by atoms with van der Waals surface area (Å²) >= 11 is 0. The number of aromatic nitrogens is 2. The molecule has 0 unspecified atom stereocenters. The van der Waals surface area contributed by atoms with E-state index in [0.717, 1.165) is 11.4 Å². The van der Waals surface area contributed by atoms with Crippen LogP contribution in [0, 0.1) is 13.8 Å². The summed E-state index contributed by atoms with van der Waals surface area (Å²) in [6.07, 6.45) is 0. The highest BCUT2D eigenvalue weighted by Crippen LogP contribution is 2.14. The van der Waals surface area contributed by atoms with Gasteiger partial charge in [0.1, 0.15) is 0 Å². The van der Waals surface area contributed by atoms with Gasteiger partial charge in [0.15, 0.2) is 5.69 Å². The molecule has 0 saturated carbocycles. The van der Waals surface area contributed by atoms with E-state index in [0.29, 0.717) is 12.3 Å². The highest BCUT2D eigenvalue weighted by atomic mass is 16.5. The number of hydrogen-bond donors (Lipinski definition) is 0.